The molecule has 0 amide bonds. The summed E-state index contributed by atoms with van der Waals surface area (Å²) in [4.78, 5) is 12.3. The lowest BCUT2D eigenvalue weighted by Gasteiger charge is -2.04. The van der Waals surface area contributed by atoms with Gasteiger partial charge in [0.25, 0.3) is 0 Å². The van der Waals surface area contributed by atoms with Crippen LogP contribution in [0.5, 0.6) is 5.75 Å². The summed E-state index contributed by atoms with van der Waals surface area (Å²) in [6, 6.07) is 17.6. The second kappa shape index (κ2) is 7.92. The van der Waals surface area contributed by atoms with Crippen LogP contribution >= 0.6 is 15.9 Å². The van der Waals surface area contributed by atoms with Crippen LogP contribution in [0.4, 0.5) is 5.69 Å². The van der Waals surface area contributed by atoms with Crippen molar-refractivity contribution in [1.82, 2.24) is 15.0 Å². The van der Waals surface area contributed by atoms with Crippen LogP contribution in [0.1, 0.15) is 0 Å². The number of rotatable bonds is 5. The number of aromatic nitrogens is 3. The van der Waals surface area contributed by atoms with Crippen molar-refractivity contribution in [1.29, 1.82) is 0 Å². The molecule has 9 heteroatoms. The number of hydrogen-bond acceptors (Lipinski definition) is 5. The van der Waals surface area contributed by atoms with E-state index < -0.39 is 10.0 Å². The van der Waals surface area contributed by atoms with Gasteiger partial charge in [-0.2, -0.15) is 0 Å². The Labute approximate surface area is 182 Å². The Morgan fingerprint density at radius 1 is 1.00 bits per heavy atom. The minimum absolute atomic E-state index is 0.148. The quantitative estimate of drug-likeness (QED) is 0.357. The van der Waals surface area contributed by atoms with Gasteiger partial charge in [-0.05, 0) is 64.5 Å². The lowest BCUT2D eigenvalue weighted by Crippen LogP contribution is -2.09. The molecule has 0 saturated carbocycles. The van der Waals surface area contributed by atoms with E-state index in [2.05, 4.69) is 30.6 Å². The van der Waals surface area contributed by atoms with E-state index in [1.165, 1.54) is 0 Å². The number of aromatic hydroxyl groups is 1. The number of benzene rings is 2. The summed E-state index contributed by atoms with van der Waals surface area (Å²) in [5, 5.41) is 9.92. The fourth-order valence-corrected chi connectivity index (χ4v) is 3.98. The maximum absolute atomic E-state index is 11.4. The number of phenols is 1. The van der Waals surface area contributed by atoms with Crippen LogP contribution < -0.4 is 4.72 Å². The monoisotopic (exact) mass is 484 g/mol. The zero-order valence-electron chi connectivity index (χ0n) is 15.8. The van der Waals surface area contributed by atoms with E-state index in [4.69, 9.17) is 4.98 Å². The average molecular weight is 485 g/mol. The van der Waals surface area contributed by atoms with Gasteiger partial charge in [0.05, 0.1) is 17.6 Å². The minimum Gasteiger partial charge on any atom is -0.508 e. The molecule has 0 saturated heterocycles. The molecule has 0 aliphatic carbocycles. The van der Waals surface area contributed by atoms with Gasteiger partial charge in [-0.25, -0.2) is 18.4 Å². The van der Waals surface area contributed by atoms with Gasteiger partial charge in [0.15, 0.2) is 0 Å². The van der Waals surface area contributed by atoms with Gasteiger partial charge < -0.3 is 10.1 Å². The van der Waals surface area contributed by atoms with Gasteiger partial charge in [-0.3, -0.25) is 4.72 Å². The molecule has 4 aromatic rings. The van der Waals surface area contributed by atoms with E-state index in [9.17, 15) is 13.5 Å². The Hall–Kier alpha value is -3.17. The van der Waals surface area contributed by atoms with Crippen LogP contribution in [0, 0.1) is 0 Å². The van der Waals surface area contributed by atoms with Crippen molar-refractivity contribution < 1.29 is 13.5 Å². The zero-order valence-corrected chi connectivity index (χ0v) is 18.2. The van der Waals surface area contributed by atoms with Crippen LogP contribution in [0.15, 0.2) is 71.5 Å². The van der Waals surface area contributed by atoms with Crippen LogP contribution in [0.25, 0.3) is 33.9 Å². The van der Waals surface area contributed by atoms with E-state index in [1.54, 1.807) is 48.7 Å². The Balaban J connectivity index is 1.81. The fourth-order valence-electron chi connectivity index (χ4n) is 3.05. The molecule has 152 valence electrons. The van der Waals surface area contributed by atoms with Crippen molar-refractivity contribution in [3.8, 4) is 39.7 Å². The molecule has 0 atom stereocenters. The smallest absolute Gasteiger partial charge is 0.229 e. The first kappa shape index (κ1) is 20.1. The number of aromatic amines is 1. The normalized spacial score (nSPS) is 11.4. The molecule has 2 aromatic carbocycles. The van der Waals surface area contributed by atoms with Crippen LogP contribution in [0.3, 0.4) is 0 Å². The number of sulfonamides is 1. The molecule has 0 spiro atoms. The highest BCUT2D eigenvalue weighted by Gasteiger charge is 2.16. The van der Waals surface area contributed by atoms with E-state index in [0.29, 0.717) is 21.8 Å². The Morgan fingerprint density at radius 3 is 2.43 bits per heavy atom. The molecule has 7 nitrogen and oxygen atoms in total. The topological polar surface area (TPSA) is 108 Å². The lowest BCUT2D eigenvalue weighted by molar-refractivity contribution is 0.475. The van der Waals surface area contributed by atoms with Gasteiger partial charge in [0, 0.05) is 28.6 Å². The molecule has 0 radical (unpaired) electrons. The minimum atomic E-state index is -3.34. The first-order chi connectivity index (χ1) is 14.3. The highest BCUT2D eigenvalue weighted by molar-refractivity contribution is 9.10. The number of nitrogens with one attached hydrogen (secondary N) is 2. The van der Waals surface area contributed by atoms with Crippen LogP contribution in [-0.2, 0) is 10.0 Å². The summed E-state index contributed by atoms with van der Waals surface area (Å²) in [6.45, 7) is 0. The van der Waals surface area contributed by atoms with Crippen LogP contribution in [-0.4, -0.2) is 34.7 Å². The van der Waals surface area contributed by atoms with Crippen molar-refractivity contribution in [2.75, 3.05) is 11.0 Å². The van der Waals surface area contributed by atoms with Gasteiger partial charge in [-0.15, -0.1) is 0 Å². The molecule has 4 rings (SSSR count). The third kappa shape index (κ3) is 4.52. The number of H-pyrrole nitrogens is 1. The van der Waals surface area contributed by atoms with Crippen molar-refractivity contribution in [3.05, 3.63) is 71.5 Å². The van der Waals surface area contributed by atoms with Gasteiger partial charge in [0.2, 0.25) is 10.0 Å². The zero-order chi connectivity index (χ0) is 21.3. The Morgan fingerprint density at radius 2 is 1.77 bits per heavy atom. The number of phenolic OH excluding ortho intramolecular Hbond substituents is 1. The summed E-state index contributed by atoms with van der Waals surface area (Å²) in [6.07, 6.45) is 2.80. The molecule has 0 bridgehead atoms. The fraction of sp³-hybridized carbons (Fsp3) is 0.0476. The molecule has 2 heterocycles. The largest absolute Gasteiger partial charge is 0.508 e. The predicted octanol–water partition coefficient (Wildman–Crippen LogP) is 4.65. The molecular weight excluding hydrogens is 468 g/mol. The first-order valence-electron chi connectivity index (χ1n) is 8.88. The van der Waals surface area contributed by atoms with E-state index in [1.807, 2.05) is 18.2 Å². The number of imidazole rings is 1. The molecule has 2 aromatic heterocycles. The second-order valence-corrected chi connectivity index (χ2v) is 9.24. The highest BCUT2D eigenvalue weighted by Crippen LogP contribution is 2.35. The van der Waals surface area contributed by atoms with Crippen molar-refractivity contribution in [3.63, 3.8) is 0 Å². The van der Waals surface area contributed by atoms with Gasteiger partial charge in [0.1, 0.15) is 16.2 Å². The SMILES string of the molecule is CS(=O)(=O)Nc1ccc(-c2nc(-c3cccc(O)c3)c(-c3ccnc(Br)c3)[nH]2)cc1. The van der Waals surface area contributed by atoms with E-state index >= 15 is 0 Å². The Bertz CT molecular complexity index is 1260. The summed E-state index contributed by atoms with van der Waals surface area (Å²) < 4.78 is 26.0. The molecule has 0 unspecified atom stereocenters. The third-order valence-corrected chi connectivity index (χ3v) is 5.34. The number of pyridine rings is 1. The van der Waals surface area contributed by atoms with Gasteiger partial charge in [-0.1, -0.05) is 12.1 Å². The molecule has 3 N–H and O–H groups in total. The molecule has 0 aliphatic rings. The number of anilines is 1. The summed E-state index contributed by atoms with van der Waals surface area (Å²) in [5.74, 6) is 0.761. The number of nitrogens with zero attached hydrogens (tertiary/aromatic N) is 2. The maximum Gasteiger partial charge on any atom is 0.229 e. The van der Waals surface area contributed by atoms with E-state index in [-0.39, 0.29) is 5.75 Å². The first-order valence-corrected chi connectivity index (χ1v) is 11.6. The van der Waals surface area contributed by atoms with Crippen molar-refractivity contribution in [2.45, 2.75) is 0 Å². The number of halogens is 1. The molecule has 0 fully saturated rings. The standard InChI is InChI=1S/C21H17BrN4O3S/c1-30(28,29)26-16-7-5-13(6-8-16)21-24-19(14-3-2-4-17(27)11-14)20(25-21)15-9-10-23-18(22)12-15/h2-12,26-27H,1H3,(H,24,25). The summed E-state index contributed by atoms with van der Waals surface area (Å²) in [7, 11) is -3.34. The maximum atomic E-state index is 11.4. The molecule has 0 aliphatic heterocycles. The molecular formula is C21H17BrN4O3S. The summed E-state index contributed by atoms with van der Waals surface area (Å²) >= 11 is 3.39. The lowest BCUT2D eigenvalue weighted by atomic mass is 10.1. The van der Waals surface area contributed by atoms with Crippen molar-refractivity contribution >= 4 is 31.6 Å². The second-order valence-electron chi connectivity index (χ2n) is 6.68. The predicted molar refractivity (Wildman–Crippen MR) is 121 cm³/mol. The number of hydrogen-bond donors (Lipinski definition) is 3. The van der Waals surface area contributed by atoms with E-state index in [0.717, 1.165) is 28.6 Å². The summed E-state index contributed by atoms with van der Waals surface area (Å²) in [5.41, 5.74) is 4.35. The highest BCUT2D eigenvalue weighted by atomic mass is 79.9. The Kier molecular flexibility index (Phi) is 5.31. The van der Waals surface area contributed by atoms with Crippen LogP contribution in [0.2, 0.25) is 0 Å². The molecule has 30 heavy (non-hydrogen) atoms. The van der Waals surface area contributed by atoms with Gasteiger partial charge >= 0.3 is 0 Å². The average Bonchev–Trinajstić information content (AvgIpc) is 3.13. The third-order valence-electron chi connectivity index (χ3n) is 4.30. The van der Waals surface area contributed by atoms with Crippen molar-refractivity contribution in [2.24, 2.45) is 0 Å².